The molecule has 0 aliphatic heterocycles. The molecule has 0 saturated heterocycles. The van der Waals surface area contributed by atoms with Gasteiger partial charge in [0.25, 0.3) is 5.91 Å². The van der Waals surface area contributed by atoms with E-state index in [2.05, 4.69) is 10.3 Å². The molecule has 106 valence electrons. The summed E-state index contributed by atoms with van der Waals surface area (Å²) < 4.78 is 0. The molecule has 1 heterocycles. The van der Waals surface area contributed by atoms with Crippen molar-refractivity contribution in [2.75, 3.05) is 0 Å². The molecule has 1 fully saturated rings. The van der Waals surface area contributed by atoms with E-state index >= 15 is 0 Å². The predicted octanol–water partition coefficient (Wildman–Crippen LogP) is 3.76. The van der Waals surface area contributed by atoms with Crippen molar-refractivity contribution >= 4 is 28.4 Å². The average molecular weight is 291 g/mol. The van der Waals surface area contributed by atoms with Crippen LogP contribution in [-0.4, -0.2) is 22.3 Å². The van der Waals surface area contributed by atoms with E-state index in [1.807, 2.05) is 31.2 Å². The lowest BCUT2D eigenvalue weighted by molar-refractivity contribution is 0.0930. The predicted molar refractivity (Wildman–Crippen MR) is 82.4 cm³/mol. The van der Waals surface area contributed by atoms with Crippen molar-refractivity contribution < 1.29 is 4.79 Å². The van der Waals surface area contributed by atoms with Crippen LogP contribution in [0.5, 0.6) is 0 Å². The van der Waals surface area contributed by atoms with Crippen molar-refractivity contribution in [1.82, 2.24) is 10.3 Å². The van der Waals surface area contributed by atoms with Gasteiger partial charge in [-0.05, 0) is 25.8 Å². The fourth-order valence-electron chi connectivity index (χ4n) is 3.06. The van der Waals surface area contributed by atoms with Crippen LogP contribution in [0.2, 0.25) is 0 Å². The van der Waals surface area contributed by atoms with E-state index in [-0.39, 0.29) is 17.3 Å². The number of benzene rings is 1. The topological polar surface area (TPSA) is 44.9 Å². The van der Waals surface area contributed by atoms with Crippen LogP contribution in [0.25, 0.3) is 10.9 Å². The molecule has 1 aliphatic rings. The van der Waals surface area contributed by atoms with Gasteiger partial charge in [-0.3, -0.25) is 4.79 Å². The summed E-state index contributed by atoms with van der Waals surface area (Å²) in [5.41, 5.74) is 2.65. The van der Waals surface area contributed by atoms with Gasteiger partial charge in [-0.2, -0.15) is 0 Å². The van der Waals surface area contributed by atoms with Gasteiger partial charge in [-0.25, -0.2) is 0 Å². The smallest absolute Gasteiger partial charge is 0.253 e. The van der Waals surface area contributed by atoms with Crippen LogP contribution in [0, 0.1) is 6.92 Å². The van der Waals surface area contributed by atoms with Crippen molar-refractivity contribution in [2.45, 2.75) is 44.0 Å². The molecule has 1 aromatic heterocycles. The number of nitrogens with one attached hydrogen (secondary N) is 2. The Balaban J connectivity index is 1.87. The minimum Gasteiger partial charge on any atom is -0.358 e. The summed E-state index contributed by atoms with van der Waals surface area (Å²) in [5, 5.41) is 4.14. The summed E-state index contributed by atoms with van der Waals surface area (Å²) >= 11 is 6.32. The lowest BCUT2D eigenvalue weighted by Gasteiger charge is -2.27. The SMILES string of the molecule is Cc1[nH]c2ccccc2c1C(=O)NC1CCCCC1Cl. The Morgan fingerprint density at radius 1 is 1.30 bits per heavy atom. The van der Waals surface area contributed by atoms with Gasteiger partial charge in [0.05, 0.1) is 10.9 Å². The lowest BCUT2D eigenvalue weighted by Crippen LogP contribution is -2.42. The molecule has 4 heteroatoms. The average Bonchev–Trinajstić information content (AvgIpc) is 2.77. The summed E-state index contributed by atoms with van der Waals surface area (Å²) in [6.07, 6.45) is 4.26. The van der Waals surface area contributed by atoms with Crippen LogP contribution in [-0.2, 0) is 0 Å². The van der Waals surface area contributed by atoms with E-state index in [4.69, 9.17) is 11.6 Å². The summed E-state index contributed by atoms with van der Waals surface area (Å²) in [6, 6.07) is 7.98. The van der Waals surface area contributed by atoms with E-state index in [1.54, 1.807) is 0 Å². The van der Waals surface area contributed by atoms with Crippen molar-refractivity contribution in [1.29, 1.82) is 0 Å². The maximum atomic E-state index is 12.6. The molecule has 1 aromatic carbocycles. The van der Waals surface area contributed by atoms with E-state index in [1.165, 1.54) is 0 Å². The molecule has 0 bridgehead atoms. The van der Waals surface area contributed by atoms with Crippen LogP contribution >= 0.6 is 11.6 Å². The number of para-hydroxylation sites is 1. The fourth-order valence-corrected chi connectivity index (χ4v) is 3.40. The Labute approximate surface area is 123 Å². The molecular formula is C16H19ClN2O. The summed E-state index contributed by atoms with van der Waals surface area (Å²) in [6.45, 7) is 1.94. The van der Waals surface area contributed by atoms with Crippen molar-refractivity contribution in [2.24, 2.45) is 0 Å². The summed E-state index contributed by atoms with van der Waals surface area (Å²) in [5.74, 6) is -0.0162. The molecule has 2 unspecified atom stereocenters. The molecule has 2 N–H and O–H groups in total. The standard InChI is InChI=1S/C16H19ClN2O/c1-10-15(11-6-2-4-8-13(11)18-10)16(20)19-14-9-5-3-7-12(14)17/h2,4,6,8,12,14,18H,3,5,7,9H2,1H3,(H,19,20). The first-order valence-electron chi connectivity index (χ1n) is 7.19. The van der Waals surface area contributed by atoms with E-state index in [0.717, 1.165) is 47.8 Å². The molecule has 3 nitrogen and oxygen atoms in total. The van der Waals surface area contributed by atoms with Gasteiger partial charge in [0.15, 0.2) is 0 Å². The van der Waals surface area contributed by atoms with Crippen LogP contribution in [0.4, 0.5) is 0 Å². The number of H-pyrrole nitrogens is 1. The second-order valence-corrected chi connectivity index (χ2v) is 6.11. The van der Waals surface area contributed by atoms with Crippen LogP contribution in [0.3, 0.4) is 0 Å². The van der Waals surface area contributed by atoms with Crippen LogP contribution in [0.15, 0.2) is 24.3 Å². The number of aryl methyl sites for hydroxylation is 1. The Hall–Kier alpha value is -1.48. The fraction of sp³-hybridized carbons (Fsp3) is 0.438. The number of amides is 1. The zero-order chi connectivity index (χ0) is 14.1. The molecule has 3 rings (SSSR count). The molecule has 20 heavy (non-hydrogen) atoms. The quantitative estimate of drug-likeness (QED) is 0.813. The second kappa shape index (κ2) is 5.49. The number of aromatic amines is 1. The number of alkyl halides is 1. The van der Waals surface area contributed by atoms with Gasteiger partial charge in [0, 0.05) is 22.6 Å². The highest BCUT2D eigenvalue weighted by Gasteiger charge is 2.26. The van der Waals surface area contributed by atoms with E-state index in [9.17, 15) is 4.79 Å². The van der Waals surface area contributed by atoms with Crippen molar-refractivity contribution in [3.63, 3.8) is 0 Å². The maximum absolute atomic E-state index is 12.6. The number of carbonyl (C=O) groups is 1. The molecule has 0 spiro atoms. The molecule has 1 aliphatic carbocycles. The molecule has 2 atom stereocenters. The Kier molecular flexibility index (Phi) is 3.70. The molecule has 1 amide bonds. The van der Waals surface area contributed by atoms with Gasteiger partial charge in [-0.1, -0.05) is 31.0 Å². The lowest BCUT2D eigenvalue weighted by atomic mass is 9.94. The molecule has 2 aromatic rings. The van der Waals surface area contributed by atoms with E-state index < -0.39 is 0 Å². The van der Waals surface area contributed by atoms with Gasteiger partial charge >= 0.3 is 0 Å². The van der Waals surface area contributed by atoms with Crippen molar-refractivity contribution in [3.8, 4) is 0 Å². The molecule has 0 radical (unpaired) electrons. The first-order valence-corrected chi connectivity index (χ1v) is 7.62. The van der Waals surface area contributed by atoms with Crippen molar-refractivity contribution in [3.05, 3.63) is 35.5 Å². The number of halogens is 1. The Morgan fingerprint density at radius 2 is 2.05 bits per heavy atom. The third-order valence-electron chi connectivity index (χ3n) is 4.12. The highest BCUT2D eigenvalue weighted by Crippen LogP contribution is 2.25. The van der Waals surface area contributed by atoms with E-state index in [0.29, 0.717) is 0 Å². The monoisotopic (exact) mass is 290 g/mol. The second-order valence-electron chi connectivity index (χ2n) is 5.55. The van der Waals surface area contributed by atoms with Crippen LogP contribution < -0.4 is 5.32 Å². The third kappa shape index (κ3) is 2.42. The Bertz CT molecular complexity index is 634. The number of hydrogen-bond donors (Lipinski definition) is 2. The first-order chi connectivity index (χ1) is 9.66. The number of aromatic nitrogens is 1. The number of rotatable bonds is 2. The molecular weight excluding hydrogens is 272 g/mol. The zero-order valence-corrected chi connectivity index (χ0v) is 12.3. The van der Waals surface area contributed by atoms with Gasteiger partial charge in [-0.15, -0.1) is 11.6 Å². The van der Waals surface area contributed by atoms with Gasteiger partial charge in [0.1, 0.15) is 0 Å². The molecule has 1 saturated carbocycles. The summed E-state index contributed by atoms with van der Waals surface area (Å²) in [4.78, 5) is 15.8. The van der Waals surface area contributed by atoms with Gasteiger partial charge in [0.2, 0.25) is 0 Å². The number of fused-ring (bicyclic) bond motifs is 1. The maximum Gasteiger partial charge on any atom is 0.253 e. The Morgan fingerprint density at radius 3 is 2.85 bits per heavy atom. The highest BCUT2D eigenvalue weighted by molar-refractivity contribution is 6.21. The number of hydrogen-bond acceptors (Lipinski definition) is 1. The zero-order valence-electron chi connectivity index (χ0n) is 11.6. The normalized spacial score (nSPS) is 22.9. The summed E-state index contributed by atoms with van der Waals surface area (Å²) in [7, 11) is 0. The largest absolute Gasteiger partial charge is 0.358 e. The minimum absolute atomic E-state index is 0.0162. The third-order valence-corrected chi connectivity index (χ3v) is 4.64. The highest BCUT2D eigenvalue weighted by atomic mass is 35.5. The first kappa shape index (κ1) is 13.5. The van der Waals surface area contributed by atoms with Crippen LogP contribution in [0.1, 0.15) is 41.7 Å². The van der Waals surface area contributed by atoms with Gasteiger partial charge < -0.3 is 10.3 Å². The minimum atomic E-state index is -0.0162. The number of carbonyl (C=O) groups excluding carboxylic acids is 1.